The van der Waals surface area contributed by atoms with E-state index < -0.39 is 11.9 Å². The molecular weight excluding hydrogens is 346 g/mol. The largest absolute Gasteiger partial charge is 0.488 e. The lowest BCUT2D eigenvalue weighted by Gasteiger charge is -2.28. The Hall–Kier alpha value is -2.05. The number of ether oxygens (including phenoxy) is 2. The molecule has 1 unspecified atom stereocenters. The van der Waals surface area contributed by atoms with Crippen molar-refractivity contribution in [1.82, 2.24) is 5.32 Å². The van der Waals surface area contributed by atoms with E-state index in [1.807, 2.05) is 0 Å². The molecule has 1 amide bonds. The summed E-state index contributed by atoms with van der Waals surface area (Å²) in [4.78, 5) is 23.9. The summed E-state index contributed by atoms with van der Waals surface area (Å²) in [6.45, 7) is 1.38. The first-order valence-electron chi connectivity index (χ1n) is 8.26. The molecule has 2 N–H and O–H groups in total. The quantitative estimate of drug-likeness (QED) is 0.836. The molecule has 0 saturated carbocycles. The van der Waals surface area contributed by atoms with Gasteiger partial charge >= 0.3 is 5.97 Å². The van der Waals surface area contributed by atoms with Crippen LogP contribution in [-0.4, -0.2) is 43.3 Å². The van der Waals surface area contributed by atoms with Crippen molar-refractivity contribution < 1.29 is 24.2 Å². The van der Waals surface area contributed by atoms with Crippen molar-refractivity contribution in [2.45, 2.75) is 12.8 Å². The summed E-state index contributed by atoms with van der Waals surface area (Å²) in [5.41, 5.74) is 1.19. The molecule has 7 heteroatoms. The summed E-state index contributed by atoms with van der Waals surface area (Å²) in [5.74, 6) is -1.13. The third-order valence-electron chi connectivity index (χ3n) is 4.61. The minimum atomic E-state index is -0.891. The van der Waals surface area contributed by atoms with Crippen LogP contribution in [0.2, 0.25) is 5.02 Å². The van der Waals surface area contributed by atoms with Gasteiger partial charge in [0.2, 0.25) is 0 Å². The molecule has 1 aromatic rings. The van der Waals surface area contributed by atoms with E-state index in [0.29, 0.717) is 42.4 Å². The average molecular weight is 366 g/mol. The minimum absolute atomic E-state index is 0.0164. The van der Waals surface area contributed by atoms with Crippen molar-refractivity contribution >= 4 is 29.6 Å². The van der Waals surface area contributed by atoms with Crippen LogP contribution >= 0.6 is 11.6 Å². The van der Waals surface area contributed by atoms with Gasteiger partial charge in [-0.3, -0.25) is 9.59 Å². The smallest absolute Gasteiger partial charge is 0.308 e. The second-order valence-electron chi connectivity index (χ2n) is 6.24. The van der Waals surface area contributed by atoms with Crippen LogP contribution in [0.3, 0.4) is 0 Å². The van der Waals surface area contributed by atoms with Gasteiger partial charge in [0.1, 0.15) is 12.4 Å². The summed E-state index contributed by atoms with van der Waals surface area (Å²) in [7, 11) is 0. The number of aliphatic carboxylic acids is 1. The molecule has 1 fully saturated rings. The topological polar surface area (TPSA) is 84.9 Å². The van der Waals surface area contributed by atoms with Gasteiger partial charge < -0.3 is 19.9 Å². The van der Waals surface area contributed by atoms with Crippen molar-refractivity contribution in [3.8, 4) is 5.75 Å². The molecule has 25 heavy (non-hydrogen) atoms. The Kier molecular flexibility index (Phi) is 5.60. The standard InChI is InChI=1S/C18H20ClNO5/c19-14-1-2-16-12(8-14)7-13(10-25-16)17(21)20-9-15(18(22)23)11-3-5-24-6-4-11/h1-2,7-8,11,15H,3-6,9-10H2,(H,20,21)(H,22,23). The van der Waals surface area contributed by atoms with Gasteiger partial charge in [0.05, 0.1) is 11.5 Å². The zero-order chi connectivity index (χ0) is 17.8. The summed E-state index contributed by atoms with van der Waals surface area (Å²) in [6.07, 6.45) is 3.12. The molecule has 3 rings (SSSR count). The van der Waals surface area contributed by atoms with Gasteiger partial charge in [0.25, 0.3) is 5.91 Å². The molecule has 0 bridgehead atoms. The van der Waals surface area contributed by atoms with Crippen molar-refractivity contribution in [3.05, 3.63) is 34.4 Å². The first-order valence-corrected chi connectivity index (χ1v) is 8.64. The molecular formula is C18H20ClNO5. The number of amides is 1. The van der Waals surface area contributed by atoms with Crippen LogP contribution in [-0.2, 0) is 14.3 Å². The Labute approximate surface area is 150 Å². The number of fused-ring (bicyclic) bond motifs is 1. The Balaban J connectivity index is 1.64. The second-order valence-corrected chi connectivity index (χ2v) is 6.68. The molecule has 2 aliphatic rings. The maximum atomic E-state index is 12.4. The SMILES string of the molecule is O=C(NCC(C(=O)O)C1CCOCC1)C1=Cc2cc(Cl)ccc2OC1. The van der Waals surface area contributed by atoms with Crippen molar-refractivity contribution in [2.75, 3.05) is 26.4 Å². The van der Waals surface area contributed by atoms with E-state index in [-0.39, 0.29) is 25.0 Å². The van der Waals surface area contributed by atoms with Gasteiger partial charge in [0, 0.05) is 30.3 Å². The monoisotopic (exact) mass is 365 g/mol. The van der Waals surface area contributed by atoms with Gasteiger partial charge in [-0.1, -0.05) is 11.6 Å². The van der Waals surface area contributed by atoms with Gasteiger partial charge in [-0.15, -0.1) is 0 Å². The third-order valence-corrected chi connectivity index (χ3v) is 4.85. The Morgan fingerprint density at radius 2 is 2.08 bits per heavy atom. The van der Waals surface area contributed by atoms with Crippen LogP contribution in [0.1, 0.15) is 18.4 Å². The van der Waals surface area contributed by atoms with Gasteiger partial charge in [0.15, 0.2) is 0 Å². The second kappa shape index (κ2) is 7.89. The van der Waals surface area contributed by atoms with Gasteiger partial charge in [-0.2, -0.15) is 0 Å². The molecule has 0 aromatic heterocycles. The van der Waals surface area contributed by atoms with Crippen LogP contribution in [0.25, 0.3) is 6.08 Å². The number of rotatable bonds is 5. The normalized spacial score (nSPS) is 18.5. The molecule has 6 nitrogen and oxygen atoms in total. The highest BCUT2D eigenvalue weighted by Gasteiger charge is 2.30. The third kappa shape index (κ3) is 4.32. The average Bonchev–Trinajstić information content (AvgIpc) is 2.61. The Morgan fingerprint density at radius 3 is 2.80 bits per heavy atom. The lowest BCUT2D eigenvalue weighted by molar-refractivity contribution is -0.144. The number of carbonyl (C=O) groups excluding carboxylic acids is 1. The van der Waals surface area contributed by atoms with E-state index in [0.717, 1.165) is 5.56 Å². The number of carboxylic acids is 1. The van der Waals surface area contributed by atoms with Gasteiger partial charge in [-0.25, -0.2) is 0 Å². The molecule has 1 aromatic carbocycles. The van der Waals surface area contributed by atoms with Crippen molar-refractivity contribution in [3.63, 3.8) is 0 Å². The minimum Gasteiger partial charge on any atom is -0.488 e. The van der Waals surface area contributed by atoms with E-state index in [2.05, 4.69) is 5.32 Å². The van der Waals surface area contributed by atoms with Crippen LogP contribution in [0.4, 0.5) is 0 Å². The molecule has 0 radical (unpaired) electrons. The number of hydrogen-bond donors (Lipinski definition) is 2. The predicted octanol–water partition coefficient (Wildman–Crippen LogP) is 2.36. The summed E-state index contributed by atoms with van der Waals surface area (Å²) in [6, 6.07) is 5.21. The first kappa shape index (κ1) is 17.8. The van der Waals surface area contributed by atoms with Crippen LogP contribution in [0.15, 0.2) is 23.8 Å². The number of hydrogen-bond acceptors (Lipinski definition) is 4. The molecule has 2 heterocycles. The fraction of sp³-hybridized carbons (Fsp3) is 0.444. The van der Waals surface area contributed by atoms with E-state index in [1.165, 1.54) is 0 Å². The van der Waals surface area contributed by atoms with Gasteiger partial charge in [-0.05, 0) is 43.0 Å². The fourth-order valence-electron chi connectivity index (χ4n) is 3.17. The highest BCUT2D eigenvalue weighted by molar-refractivity contribution is 6.30. The molecule has 134 valence electrons. The summed E-state index contributed by atoms with van der Waals surface area (Å²) < 4.78 is 10.8. The number of carbonyl (C=O) groups is 2. The molecule has 2 aliphatic heterocycles. The zero-order valence-corrected chi connectivity index (χ0v) is 14.4. The maximum absolute atomic E-state index is 12.4. The van der Waals surface area contributed by atoms with E-state index >= 15 is 0 Å². The van der Waals surface area contributed by atoms with E-state index in [4.69, 9.17) is 21.1 Å². The Bertz CT molecular complexity index is 697. The fourth-order valence-corrected chi connectivity index (χ4v) is 3.35. The summed E-state index contributed by atoms with van der Waals surface area (Å²) in [5, 5.41) is 12.8. The lowest BCUT2D eigenvalue weighted by Crippen LogP contribution is -2.40. The molecule has 1 saturated heterocycles. The van der Waals surface area contributed by atoms with Crippen LogP contribution in [0.5, 0.6) is 5.75 Å². The first-order chi connectivity index (χ1) is 12.0. The van der Waals surface area contributed by atoms with E-state index in [1.54, 1.807) is 24.3 Å². The molecule has 0 spiro atoms. The maximum Gasteiger partial charge on any atom is 0.308 e. The highest BCUT2D eigenvalue weighted by Crippen LogP contribution is 2.29. The zero-order valence-electron chi connectivity index (χ0n) is 13.7. The highest BCUT2D eigenvalue weighted by atomic mass is 35.5. The summed E-state index contributed by atoms with van der Waals surface area (Å²) >= 11 is 5.97. The van der Waals surface area contributed by atoms with E-state index in [9.17, 15) is 14.7 Å². The number of carboxylic acid groups (broad SMARTS) is 1. The Morgan fingerprint density at radius 1 is 1.32 bits per heavy atom. The number of halogens is 1. The van der Waals surface area contributed by atoms with Crippen molar-refractivity contribution in [2.24, 2.45) is 11.8 Å². The number of benzene rings is 1. The van der Waals surface area contributed by atoms with Crippen molar-refractivity contribution in [1.29, 1.82) is 0 Å². The molecule has 1 atom stereocenters. The van der Waals surface area contributed by atoms with Crippen LogP contribution < -0.4 is 10.1 Å². The molecule has 0 aliphatic carbocycles. The van der Waals surface area contributed by atoms with Crippen LogP contribution in [0, 0.1) is 11.8 Å². The predicted molar refractivity (Wildman–Crippen MR) is 92.6 cm³/mol. The lowest BCUT2D eigenvalue weighted by atomic mass is 9.86. The number of nitrogens with one attached hydrogen (secondary N) is 1.